The first-order valence-electron chi connectivity index (χ1n) is 13.4. The van der Waals surface area contributed by atoms with Gasteiger partial charge >= 0.3 is 11.7 Å². The Morgan fingerprint density at radius 3 is 2.64 bits per heavy atom. The Labute approximate surface area is 270 Å². The summed E-state index contributed by atoms with van der Waals surface area (Å²) in [5.74, 6) is -1.41. The number of nitro benzene ring substituents is 1. The Bertz CT molecular complexity index is 1700. The molecule has 0 aliphatic carbocycles. The lowest BCUT2D eigenvalue weighted by atomic mass is 9.95. The van der Waals surface area contributed by atoms with Gasteiger partial charge in [-0.2, -0.15) is 5.10 Å². The first kappa shape index (κ1) is 33.0. The molecule has 0 spiro atoms. The summed E-state index contributed by atoms with van der Waals surface area (Å²) in [7, 11) is 0. The highest BCUT2D eigenvalue weighted by Crippen LogP contribution is 2.37. The second-order valence-electron chi connectivity index (χ2n) is 9.40. The van der Waals surface area contributed by atoms with Gasteiger partial charge in [-0.25, -0.2) is 14.6 Å². The number of hydrazone groups is 1. The number of hydrogen-bond acceptors (Lipinski definition) is 9. The molecule has 3 N–H and O–H groups in total. The average molecular weight is 701 g/mol. The monoisotopic (exact) mass is 699 g/mol. The molecule has 1 heterocycles. The average Bonchev–Trinajstić information content (AvgIpc) is 2.99. The maximum Gasteiger partial charge on any atom is 0.338 e. The van der Waals surface area contributed by atoms with Gasteiger partial charge in [0.15, 0.2) is 11.7 Å². The number of esters is 1. The zero-order chi connectivity index (χ0) is 32.5. The van der Waals surface area contributed by atoms with E-state index in [9.17, 15) is 24.1 Å². The minimum Gasteiger partial charge on any atom is -0.483 e. The number of para-hydroxylation sites is 1. The van der Waals surface area contributed by atoms with Crippen molar-refractivity contribution in [2.45, 2.75) is 26.5 Å². The number of ether oxygens (including phenoxy) is 3. The van der Waals surface area contributed by atoms with Gasteiger partial charge in [0.05, 0.1) is 33.8 Å². The van der Waals surface area contributed by atoms with Crippen molar-refractivity contribution in [1.29, 1.82) is 0 Å². The Hall–Kier alpha value is -4.89. The van der Waals surface area contributed by atoms with Crippen LogP contribution in [-0.2, 0) is 20.9 Å². The van der Waals surface area contributed by atoms with Crippen LogP contribution in [0, 0.1) is 15.9 Å². The third-order valence-corrected chi connectivity index (χ3v) is 7.14. The van der Waals surface area contributed by atoms with Crippen LogP contribution in [0.15, 0.2) is 81.5 Å². The van der Waals surface area contributed by atoms with Crippen LogP contribution in [0.1, 0.15) is 36.6 Å². The fourth-order valence-corrected chi connectivity index (χ4v) is 5.18. The maximum atomic E-state index is 14.0. The van der Waals surface area contributed by atoms with Gasteiger partial charge in [-0.3, -0.25) is 14.9 Å². The predicted molar refractivity (Wildman–Crippen MR) is 170 cm³/mol. The van der Waals surface area contributed by atoms with E-state index < -0.39 is 35.3 Å². The summed E-state index contributed by atoms with van der Waals surface area (Å²) < 4.78 is 30.7. The van der Waals surface area contributed by atoms with Crippen molar-refractivity contribution in [2.75, 3.05) is 13.2 Å². The number of benzene rings is 3. The van der Waals surface area contributed by atoms with Gasteiger partial charge in [-0.05, 0) is 60.2 Å². The van der Waals surface area contributed by atoms with Gasteiger partial charge in [0.25, 0.3) is 5.91 Å². The van der Waals surface area contributed by atoms with Crippen molar-refractivity contribution in [2.24, 2.45) is 5.10 Å². The molecule has 3 aromatic carbocycles. The summed E-state index contributed by atoms with van der Waals surface area (Å²) in [6, 6.07) is 14.8. The molecule has 0 saturated heterocycles. The number of carbonyl (C=O) groups excluding carboxylic acids is 2. The third kappa shape index (κ3) is 8.39. The Balaban J connectivity index is 1.42. The number of halogens is 2. The van der Waals surface area contributed by atoms with Crippen molar-refractivity contribution in [3.8, 4) is 11.5 Å². The second-order valence-corrected chi connectivity index (χ2v) is 10.7. The van der Waals surface area contributed by atoms with Crippen LogP contribution < -0.4 is 25.5 Å². The van der Waals surface area contributed by atoms with Gasteiger partial charge in [0.2, 0.25) is 5.75 Å². The highest BCUT2D eigenvalue weighted by molar-refractivity contribution is 9.10. The smallest absolute Gasteiger partial charge is 0.338 e. The molecule has 0 unspecified atom stereocenters. The maximum absolute atomic E-state index is 14.0. The van der Waals surface area contributed by atoms with Crippen LogP contribution in [0.2, 0.25) is 0 Å². The number of nitrogens with zero attached hydrogens (tertiary/aromatic N) is 2. The Kier molecular flexibility index (Phi) is 11.2. The molecule has 1 aliphatic heterocycles. The largest absolute Gasteiger partial charge is 0.483 e. The summed E-state index contributed by atoms with van der Waals surface area (Å²) >= 11 is 8.54. The van der Waals surface area contributed by atoms with Crippen LogP contribution in [0.4, 0.5) is 10.1 Å². The van der Waals surface area contributed by atoms with E-state index in [1.54, 1.807) is 44.2 Å². The zero-order valence-corrected chi connectivity index (χ0v) is 26.4. The van der Waals surface area contributed by atoms with Crippen molar-refractivity contribution in [3.63, 3.8) is 0 Å². The van der Waals surface area contributed by atoms with E-state index in [4.69, 9.17) is 26.4 Å². The normalized spacial score (nSPS) is 14.4. The molecule has 1 aliphatic rings. The van der Waals surface area contributed by atoms with Crippen LogP contribution in [0.25, 0.3) is 0 Å². The second kappa shape index (κ2) is 15.2. The Morgan fingerprint density at radius 2 is 1.91 bits per heavy atom. The van der Waals surface area contributed by atoms with Crippen molar-refractivity contribution < 1.29 is 33.1 Å². The molecule has 3 aromatic rings. The molecule has 12 nitrogen and oxygen atoms in total. The lowest BCUT2D eigenvalue weighted by molar-refractivity contribution is -0.386. The van der Waals surface area contributed by atoms with E-state index in [1.165, 1.54) is 36.5 Å². The lowest BCUT2D eigenvalue weighted by Crippen LogP contribution is -2.45. The first-order chi connectivity index (χ1) is 21.6. The number of allylic oxidation sites excluding steroid dienone is 1. The fraction of sp³-hybridized carbons (Fsp3) is 0.200. The number of amides is 1. The Morgan fingerprint density at radius 1 is 1.18 bits per heavy atom. The molecule has 234 valence electrons. The number of thiocarbonyl (C=S) groups is 1. The molecule has 0 aromatic heterocycles. The molecular formula is C30H27BrFN5O7S. The van der Waals surface area contributed by atoms with Gasteiger partial charge < -0.3 is 24.8 Å². The highest BCUT2D eigenvalue weighted by atomic mass is 79.9. The molecule has 1 amide bonds. The van der Waals surface area contributed by atoms with E-state index in [0.717, 1.165) is 0 Å². The van der Waals surface area contributed by atoms with Gasteiger partial charge in [0, 0.05) is 28.5 Å². The van der Waals surface area contributed by atoms with E-state index >= 15 is 0 Å². The van der Waals surface area contributed by atoms with Crippen molar-refractivity contribution >= 4 is 57.0 Å². The predicted octanol–water partition coefficient (Wildman–Crippen LogP) is 4.96. The van der Waals surface area contributed by atoms with E-state index in [-0.39, 0.29) is 40.3 Å². The van der Waals surface area contributed by atoms with Crippen molar-refractivity contribution in [1.82, 2.24) is 16.1 Å². The van der Waals surface area contributed by atoms with Crippen LogP contribution in [0.3, 0.4) is 0 Å². The summed E-state index contributed by atoms with van der Waals surface area (Å²) in [6.45, 7) is 2.94. The van der Waals surface area contributed by atoms with Gasteiger partial charge in [0.1, 0.15) is 18.2 Å². The number of rotatable bonds is 12. The molecule has 15 heteroatoms. The van der Waals surface area contributed by atoms with Crippen LogP contribution >= 0.6 is 28.1 Å². The highest BCUT2D eigenvalue weighted by Gasteiger charge is 2.32. The van der Waals surface area contributed by atoms with E-state index in [2.05, 4.69) is 37.1 Å². The molecule has 45 heavy (non-hydrogen) atoms. The molecule has 0 fully saturated rings. The van der Waals surface area contributed by atoms with E-state index in [1.807, 2.05) is 0 Å². The fourth-order valence-electron chi connectivity index (χ4n) is 4.33. The summed E-state index contributed by atoms with van der Waals surface area (Å²) in [4.78, 5) is 36.4. The first-order valence-corrected chi connectivity index (χ1v) is 14.6. The summed E-state index contributed by atoms with van der Waals surface area (Å²) in [6.07, 6.45) is 1.21. The quantitative estimate of drug-likeness (QED) is 0.0777. The molecule has 1 atom stereocenters. The molecule has 4 rings (SSSR count). The number of nitrogens with one attached hydrogen (secondary N) is 3. The van der Waals surface area contributed by atoms with Gasteiger partial charge in [-0.1, -0.05) is 36.4 Å². The molecule has 0 radical (unpaired) electrons. The minimum atomic E-state index is -0.692. The zero-order valence-electron chi connectivity index (χ0n) is 24.0. The number of nitro groups is 1. The standard InChI is InChI=1S/C30H27BrFN5O7S/c1-3-42-29(39)26-17(2)34-30(45)35-27(26)20-9-5-7-11-24(20)43-16-25(38)36-33-14-18-12-21(31)28(23(13-18)37(40)41)44-15-19-8-4-6-10-22(19)32/h4-14,27H,3,15-16H2,1-2H3,(H,36,38)(H2,34,35,45)/t27-/m0/s1. The molecule has 0 bridgehead atoms. The number of carbonyl (C=O) groups is 2. The molecular weight excluding hydrogens is 673 g/mol. The van der Waals surface area contributed by atoms with Crippen LogP contribution in [-0.4, -0.2) is 41.3 Å². The molecule has 0 saturated carbocycles. The van der Waals surface area contributed by atoms with Gasteiger partial charge in [-0.15, -0.1) is 0 Å². The minimum absolute atomic E-state index is 0.0864. The summed E-state index contributed by atoms with van der Waals surface area (Å²) in [5.41, 5.74) is 3.84. The van der Waals surface area contributed by atoms with Crippen LogP contribution in [0.5, 0.6) is 11.5 Å². The SMILES string of the molecule is CCOC(=O)C1=C(C)NC(=S)N[C@H]1c1ccccc1OCC(=O)NN=Cc1cc(Br)c(OCc2ccccc2F)c([N+](=O)[O-])c1. The van der Waals surface area contributed by atoms with E-state index in [0.29, 0.717) is 27.7 Å². The topological polar surface area (TPSA) is 153 Å². The number of hydrogen-bond donors (Lipinski definition) is 3. The van der Waals surface area contributed by atoms with Crippen molar-refractivity contribution in [3.05, 3.63) is 109 Å². The lowest BCUT2D eigenvalue weighted by Gasteiger charge is -2.30. The third-order valence-electron chi connectivity index (χ3n) is 6.33. The summed E-state index contributed by atoms with van der Waals surface area (Å²) in [5, 5.41) is 21.9.